The summed E-state index contributed by atoms with van der Waals surface area (Å²) in [5.74, 6) is -0.377. The Labute approximate surface area is 137 Å². The normalized spacial score (nSPS) is 22.0. The van der Waals surface area contributed by atoms with Crippen LogP contribution in [0.5, 0.6) is 5.75 Å². The third-order valence-electron chi connectivity index (χ3n) is 5.23. The lowest BCUT2D eigenvalue weighted by atomic mass is 9.79. The van der Waals surface area contributed by atoms with Crippen molar-refractivity contribution in [3.05, 3.63) is 29.3 Å². The molecule has 0 unspecified atom stereocenters. The summed E-state index contributed by atoms with van der Waals surface area (Å²) in [5.41, 5.74) is 0.236. The van der Waals surface area contributed by atoms with Crippen LogP contribution in [0.15, 0.2) is 12.1 Å². The Hall–Kier alpha value is -1.20. The minimum absolute atomic E-state index is 0.164. The fraction of sp³-hybridized carbons (Fsp3) is 0.667. The molecule has 1 aliphatic carbocycles. The Balaban J connectivity index is 1.96. The average molecular weight is 324 g/mol. The Bertz CT molecular complexity index is 485. The van der Waals surface area contributed by atoms with Gasteiger partial charge in [-0.25, -0.2) is 8.78 Å². The molecule has 1 N–H and O–H groups in total. The maximum Gasteiger partial charge on any atom is 0.134 e. The van der Waals surface area contributed by atoms with Gasteiger partial charge in [-0.1, -0.05) is 19.3 Å². The fourth-order valence-electron chi connectivity index (χ4n) is 4.09. The van der Waals surface area contributed by atoms with Gasteiger partial charge < -0.3 is 10.1 Å². The first-order valence-corrected chi connectivity index (χ1v) is 8.68. The van der Waals surface area contributed by atoms with Crippen LogP contribution < -0.4 is 10.1 Å². The second-order valence-corrected chi connectivity index (χ2v) is 6.63. The summed E-state index contributed by atoms with van der Waals surface area (Å²) in [6.45, 7) is 3.43. The van der Waals surface area contributed by atoms with Gasteiger partial charge in [-0.2, -0.15) is 0 Å². The van der Waals surface area contributed by atoms with Crippen LogP contribution in [0.4, 0.5) is 8.78 Å². The van der Waals surface area contributed by atoms with E-state index >= 15 is 0 Å². The molecule has 2 aliphatic rings. The van der Waals surface area contributed by atoms with Crippen LogP contribution in [0.3, 0.4) is 0 Å². The van der Waals surface area contributed by atoms with Crippen molar-refractivity contribution in [3.8, 4) is 5.75 Å². The van der Waals surface area contributed by atoms with E-state index in [4.69, 9.17) is 4.74 Å². The third-order valence-corrected chi connectivity index (χ3v) is 5.23. The largest absolute Gasteiger partial charge is 0.497 e. The van der Waals surface area contributed by atoms with Crippen molar-refractivity contribution in [1.82, 2.24) is 10.2 Å². The van der Waals surface area contributed by atoms with Crippen molar-refractivity contribution < 1.29 is 13.5 Å². The summed E-state index contributed by atoms with van der Waals surface area (Å²) in [4.78, 5) is 2.26. The van der Waals surface area contributed by atoms with E-state index in [0.717, 1.165) is 51.9 Å². The fourth-order valence-corrected chi connectivity index (χ4v) is 4.09. The number of halogens is 2. The van der Waals surface area contributed by atoms with Crippen LogP contribution in [-0.2, 0) is 0 Å². The van der Waals surface area contributed by atoms with Crippen molar-refractivity contribution >= 4 is 0 Å². The monoisotopic (exact) mass is 324 g/mol. The molecule has 0 aromatic heterocycles. The van der Waals surface area contributed by atoms with E-state index < -0.39 is 11.6 Å². The number of rotatable bonds is 4. The zero-order valence-electron chi connectivity index (χ0n) is 13.8. The van der Waals surface area contributed by atoms with Crippen LogP contribution in [0.1, 0.15) is 43.7 Å². The Morgan fingerprint density at radius 1 is 1.09 bits per heavy atom. The lowest BCUT2D eigenvalue weighted by molar-refractivity contribution is 0.0975. The third kappa shape index (κ3) is 3.66. The number of benzene rings is 1. The molecule has 5 heteroatoms. The maximum absolute atomic E-state index is 14.7. The Morgan fingerprint density at radius 2 is 1.70 bits per heavy atom. The highest BCUT2D eigenvalue weighted by atomic mass is 19.1. The maximum atomic E-state index is 14.7. The lowest BCUT2D eigenvalue weighted by Gasteiger charge is -2.41. The van der Waals surface area contributed by atoms with E-state index in [1.54, 1.807) is 0 Å². The minimum atomic E-state index is -0.476. The number of hydrogen-bond acceptors (Lipinski definition) is 3. The zero-order chi connectivity index (χ0) is 16.2. The van der Waals surface area contributed by atoms with E-state index in [-0.39, 0.29) is 17.4 Å². The summed E-state index contributed by atoms with van der Waals surface area (Å²) in [7, 11) is 1.43. The number of ether oxygens (including phenoxy) is 1. The molecule has 3 nitrogen and oxygen atoms in total. The molecule has 1 aliphatic heterocycles. The summed E-state index contributed by atoms with van der Waals surface area (Å²) >= 11 is 0. The van der Waals surface area contributed by atoms with Crippen LogP contribution in [-0.4, -0.2) is 38.2 Å². The molecule has 0 bridgehead atoms. The van der Waals surface area contributed by atoms with Gasteiger partial charge in [-0.15, -0.1) is 0 Å². The molecule has 1 heterocycles. The molecule has 1 aromatic carbocycles. The topological polar surface area (TPSA) is 24.5 Å². The van der Waals surface area contributed by atoms with Crippen molar-refractivity contribution in [2.45, 2.75) is 38.1 Å². The van der Waals surface area contributed by atoms with E-state index in [9.17, 15) is 8.78 Å². The number of methoxy groups -OCH3 is 1. The standard InChI is InChI=1S/C18H26F2N2O/c1-23-14-11-15(19)17(16(20)12-14)18(13-5-3-2-4-6-13)22-9-7-21-8-10-22/h11-13,18,21H,2-10H2,1H3/t18-/m0/s1. The molecule has 1 saturated carbocycles. The molecule has 0 spiro atoms. The molecule has 1 atom stereocenters. The summed E-state index contributed by atoms with van der Waals surface area (Å²) in [6, 6.07) is 2.47. The predicted octanol–water partition coefficient (Wildman–Crippen LogP) is 3.50. The van der Waals surface area contributed by atoms with Crippen molar-refractivity contribution in [2.75, 3.05) is 33.3 Å². The average Bonchev–Trinajstić information content (AvgIpc) is 2.59. The van der Waals surface area contributed by atoms with Gasteiger partial charge in [0.1, 0.15) is 17.4 Å². The van der Waals surface area contributed by atoms with Gasteiger partial charge in [0.25, 0.3) is 0 Å². The smallest absolute Gasteiger partial charge is 0.134 e. The number of hydrogen-bond donors (Lipinski definition) is 1. The van der Waals surface area contributed by atoms with Gasteiger partial charge in [-0.05, 0) is 18.8 Å². The highest BCUT2D eigenvalue weighted by Crippen LogP contribution is 2.41. The van der Waals surface area contributed by atoms with E-state index in [1.807, 2.05) is 0 Å². The highest BCUT2D eigenvalue weighted by molar-refractivity contribution is 5.33. The molecule has 3 rings (SSSR count). The first kappa shape index (κ1) is 16.7. The van der Waals surface area contributed by atoms with E-state index in [0.29, 0.717) is 5.92 Å². The van der Waals surface area contributed by atoms with Crippen molar-refractivity contribution in [2.24, 2.45) is 5.92 Å². The van der Waals surface area contributed by atoms with Gasteiger partial charge in [0.05, 0.1) is 7.11 Å². The molecule has 128 valence electrons. The van der Waals surface area contributed by atoms with Crippen LogP contribution >= 0.6 is 0 Å². The molecule has 1 saturated heterocycles. The molecular formula is C18H26F2N2O. The van der Waals surface area contributed by atoms with Crippen LogP contribution in [0.25, 0.3) is 0 Å². The zero-order valence-corrected chi connectivity index (χ0v) is 13.8. The number of nitrogens with one attached hydrogen (secondary N) is 1. The summed E-state index contributed by atoms with van der Waals surface area (Å²) in [5, 5.41) is 3.32. The molecule has 23 heavy (non-hydrogen) atoms. The van der Waals surface area contributed by atoms with Gasteiger partial charge in [0.15, 0.2) is 0 Å². The predicted molar refractivity (Wildman–Crippen MR) is 86.7 cm³/mol. The second kappa shape index (κ2) is 7.58. The Kier molecular flexibility index (Phi) is 5.49. The van der Waals surface area contributed by atoms with Gasteiger partial charge >= 0.3 is 0 Å². The van der Waals surface area contributed by atoms with Gasteiger partial charge in [0, 0.05) is 49.9 Å². The quantitative estimate of drug-likeness (QED) is 0.917. The summed E-state index contributed by atoms with van der Waals surface area (Å²) in [6.07, 6.45) is 5.66. The molecule has 0 radical (unpaired) electrons. The molecule has 0 amide bonds. The van der Waals surface area contributed by atoms with Crippen LogP contribution in [0.2, 0.25) is 0 Å². The van der Waals surface area contributed by atoms with Crippen LogP contribution in [0, 0.1) is 17.6 Å². The molecule has 1 aromatic rings. The number of piperazine rings is 1. The lowest BCUT2D eigenvalue weighted by Crippen LogP contribution is -2.47. The van der Waals surface area contributed by atoms with Crippen molar-refractivity contribution in [1.29, 1.82) is 0 Å². The highest BCUT2D eigenvalue weighted by Gasteiger charge is 2.34. The second-order valence-electron chi connectivity index (χ2n) is 6.63. The summed E-state index contributed by atoms with van der Waals surface area (Å²) < 4.78 is 34.4. The minimum Gasteiger partial charge on any atom is -0.497 e. The molecule has 2 fully saturated rings. The first-order chi connectivity index (χ1) is 11.2. The number of nitrogens with zero attached hydrogens (tertiary/aromatic N) is 1. The van der Waals surface area contributed by atoms with Gasteiger partial charge in [-0.3, -0.25) is 4.90 Å². The first-order valence-electron chi connectivity index (χ1n) is 8.68. The Morgan fingerprint density at radius 3 is 2.26 bits per heavy atom. The van der Waals surface area contributed by atoms with E-state index in [1.165, 1.54) is 25.7 Å². The van der Waals surface area contributed by atoms with Crippen molar-refractivity contribution in [3.63, 3.8) is 0 Å². The SMILES string of the molecule is COc1cc(F)c([C@H](C2CCCCC2)N2CCNCC2)c(F)c1. The molecular weight excluding hydrogens is 298 g/mol. The van der Waals surface area contributed by atoms with Gasteiger partial charge in [0.2, 0.25) is 0 Å². The van der Waals surface area contributed by atoms with E-state index in [2.05, 4.69) is 10.2 Å².